The van der Waals surface area contributed by atoms with Crippen molar-refractivity contribution in [1.82, 2.24) is 25.4 Å². The molecule has 2 saturated heterocycles. The average molecular weight is 613 g/mol. The number of nitrogens with zero attached hydrogens (tertiary/aromatic N) is 4. The minimum absolute atomic E-state index is 0.0375. The molecule has 0 radical (unpaired) electrons. The number of ether oxygens (including phenoxy) is 1. The molecule has 2 unspecified atom stereocenters. The van der Waals surface area contributed by atoms with E-state index in [-0.39, 0.29) is 29.8 Å². The average Bonchev–Trinajstić information content (AvgIpc) is 3.63. The van der Waals surface area contributed by atoms with Crippen LogP contribution < -0.4 is 20.3 Å². The Morgan fingerprint density at radius 1 is 1.02 bits per heavy atom. The highest BCUT2D eigenvalue weighted by atomic mass is 32.2. The monoisotopic (exact) mass is 612 g/mol. The number of hydrogen-bond acceptors (Lipinski definition) is 7. The second kappa shape index (κ2) is 11.8. The predicted octanol–water partition coefficient (Wildman–Crippen LogP) is 4.62. The minimum Gasteiger partial charge on any atom is -0.457 e. The number of carbonyl (C=O) groups excluding carboxylic acids is 3. The Kier molecular flexibility index (Phi) is 7.67. The first-order valence-corrected chi connectivity index (χ1v) is 16.1. The molecule has 2 fully saturated rings. The quantitative estimate of drug-likeness (QED) is 0.419. The standard InChI is InChI=1S/C33H36N6O4S/c1-20-17-24(43-23-8-4-3-5-9-23)10-11-25(20)39-26-12-14-34-31-27(26)28(36-33(39)42)29(44-31)30(40)35-22-7-6-15-38(19-22)32(41)21-13-16-37(2)18-21/h3-5,8-12,14,17,21-22,28-29H,6-7,13,15-16,18-19H2,1-2H3,(H,35,40)(H,36,42)/t21-,22-,28?,29?/m1/s1. The Morgan fingerprint density at radius 2 is 1.86 bits per heavy atom. The maximum absolute atomic E-state index is 13.7. The molecular weight excluding hydrogens is 576 g/mol. The Labute approximate surface area is 261 Å². The van der Waals surface area contributed by atoms with Crippen molar-refractivity contribution in [3.63, 3.8) is 0 Å². The van der Waals surface area contributed by atoms with E-state index in [1.54, 1.807) is 11.1 Å². The molecule has 4 amide bonds. The van der Waals surface area contributed by atoms with E-state index in [2.05, 4.69) is 20.5 Å². The van der Waals surface area contributed by atoms with Gasteiger partial charge in [0.15, 0.2) is 0 Å². The number of benzene rings is 2. The maximum atomic E-state index is 13.7. The lowest BCUT2D eigenvalue weighted by molar-refractivity contribution is -0.137. The van der Waals surface area contributed by atoms with E-state index in [1.807, 2.05) is 73.5 Å². The summed E-state index contributed by atoms with van der Waals surface area (Å²) in [4.78, 5) is 50.9. The molecule has 2 aromatic carbocycles. The minimum atomic E-state index is -0.554. The van der Waals surface area contributed by atoms with E-state index in [0.29, 0.717) is 12.3 Å². The van der Waals surface area contributed by atoms with Gasteiger partial charge >= 0.3 is 6.03 Å². The Bertz CT molecular complexity index is 1600. The molecule has 0 bridgehead atoms. The number of amides is 4. The van der Waals surface area contributed by atoms with Crippen LogP contribution in [0.4, 0.5) is 16.2 Å². The molecule has 4 aliphatic rings. The molecule has 10 nitrogen and oxygen atoms in total. The number of anilines is 2. The number of carbonyl (C=O) groups is 3. The summed E-state index contributed by atoms with van der Waals surface area (Å²) < 4.78 is 6.00. The van der Waals surface area contributed by atoms with Crippen molar-refractivity contribution in [2.24, 2.45) is 5.92 Å². The van der Waals surface area contributed by atoms with Gasteiger partial charge in [-0.25, -0.2) is 9.78 Å². The first kappa shape index (κ1) is 28.7. The van der Waals surface area contributed by atoms with Crippen molar-refractivity contribution in [2.45, 2.75) is 48.5 Å². The van der Waals surface area contributed by atoms with Gasteiger partial charge in [-0.3, -0.25) is 14.5 Å². The van der Waals surface area contributed by atoms with E-state index in [0.717, 1.165) is 72.2 Å². The zero-order valence-electron chi connectivity index (χ0n) is 24.9. The van der Waals surface area contributed by atoms with Gasteiger partial charge in [0, 0.05) is 37.4 Å². The molecule has 7 rings (SSSR count). The first-order valence-electron chi connectivity index (χ1n) is 15.2. The molecule has 4 atom stereocenters. The second-order valence-corrected chi connectivity index (χ2v) is 13.2. The number of thioether (sulfide) groups is 1. The molecular formula is C33H36N6O4S. The number of aromatic nitrogens is 1. The summed E-state index contributed by atoms with van der Waals surface area (Å²) in [5.74, 6) is 1.50. The molecule has 5 heterocycles. The molecule has 2 N–H and O–H groups in total. The zero-order chi connectivity index (χ0) is 30.4. The van der Waals surface area contributed by atoms with Crippen molar-refractivity contribution < 1.29 is 19.1 Å². The fraction of sp³-hybridized carbons (Fsp3) is 0.394. The van der Waals surface area contributed by atoms with Crippen LogP contribution in [0.3, 0.4) is 0 Å². The summed E-state index contributed by atoms with van der Waals surface area (Å²) in [5.41, 5.74) is 3.18. The summed E-state index contributed by atoms with van der Waals surface area (Å²) >= 11 is 1.38. The van der Waals surface area contributed by atoms with Crippen LogP contribution in [0.15, 0.2) is 65.8 Å². The number of rotatable bonds is 6. The van der Waals surface area contributed by atoms with E-state index in [9.17, 15) is 14.4 Å². The molecule has 1 aromatic heterocycles. The zero-order valence-corrected chi connectivity index (χ0v) is 25.7. The lowest BCUT2D eigenvalue weighted by atomic mass is 9.98. The third-order valence-corrected chi connectivity index (χ3v) is 10.3. The van der Waals surface area contributed by atoms with Gasteiger partial charge in [-0.1, -0.05) is 30.0 Å². The van der Waals surface area contributed by atoms with E-state index < -0.39 is 11.3 Å². The number of aryl methyl sites for hydroxylation is 1. The third kappa shape index (κ3) is 5.39. The van der Waals surface area contributed by atoms with Gasteiger partial charge in [0.1, 0.15) is 21.8 Å². The van der Waals surface area contributed by atoms with Gasteiger partial charge in [-0.05, 0) is 81.7 Å². The van der Waals surface area contributed by atoms with Crippen molar-refractivity contribution >= 4 is 41.0 Å². The normalized spacial score (nSPS) is 24.5. The van der Waals surface area contributed by atoms with Gasteiger partial charge in [0.05, 0.1) is 23.3 Å². The molecule has 4 aliphatic heterocycles. The van der Waals surface area contributed by atoms with Crippen LogP contribution in [0.5, 0.6) is 11.5 Å². The number of hydrogen-bond donors (Lipinski definition) is 2. The molecule has 0 saturated carbocycles. The third-order valence-electron chi connectivity index (χ3n) is 8.97. The van der Waals surface area contributed by atoms with Crippen LogP contribution in [-0.4, -0.2) is 77.1 Å². The predicted molar refractivity (Wildman–Crippen MR) is 168 cm³/mol. The molecule has 11 heteroatoms. The number of urea groups is 1. The molecule has 0 aliphatic carbocycles. The maximum Gasteiger partial charge on any atom is 0.327 e. The van der Waals surface area contributed by atoms with Gasteiger partial charge in [-0.2, -0.15) is 0 Å². The lowest BCUT2D eigenvalue weighted by Crippen LogP contribution is -2.54. The number of para-hydroxylation sites is 1. The Balaban J connectivity index is 1.07. The summed E-state index contributed by atoms with van der Waals surface area (Å²) in [6.07, 6.45) is 4.25. The lowest BCUT2D eigenvalue weighted by Gasteiger charge is -2.36. The summed E-state index contributed by atoms with van der Waals surface area (Å²) in [6, 6.07) is 16.1. The van der Waals surface area contributed by atoms with Gasteiger partial charge in [0.2, 0.25) is 11.8 Å². The molecule has 3 aromatic rings. The highest BCUT2D eigenvalue weighted by Crippen LogP contribution is 2.51. The van der Waals surface area contributed by atoms with Crippen molar-refractivity contribution in [3.8, 4) is 11.5 Å². The Morgan fingerprint density at radius 3 is 2.64 bits per heavy atom. The topological polar surface area (TPSA) is 107 Å². The van der Waals surface area contributed by atoms with Crippen LogP contribution in [0.2, 0.25) is 0 Å². The van der Waals surface area contributed by atoms with E-state index in [1.165, 1.54) is 11.8 Å². The summed E-state index contributed by atoms with van der Waals surface area (Å²) in [6.45, 7) is 4.94. The number of likely N-dealkylation sites (tertiary alicyclic amines) is 2. The van der Waals surface area contributed by atoms with E-state index in [4.69, 9.17) is 4.74 Å². The van der Waals surface area contributed by atoms with E-state index >= 15 is 0 Å². The fourth-order valence-electron chi connectivity index (χ4n) is 6.80. The van der Waals surface area contributed by atoms with Crippen molar-refractivity contribution in [3.05, 3.63) is 71.9 Å². The van der Waals surface area contributed by atoms with Crippen LogP contribution >= 0.6 is 11.8 Å². The van der Waals surface area contributed by atoms with Gasteiger partial charge in [0.25, 0.3) is 0 Å². The van der Waals surface area contributed by atoms with Gasteiger partial charge < -0.3 is 25.2 Å². The fourth-order valence-corrected chi connectivity index (χ4v) is 8.04. The van der Waals surface area contributed by atoms with Crippen LogP contribution in [0.25, 0.3) is 0 Å². The summed E-state index contributed by atoms with van der Waals surface area (Å²) in [5, 5.41) is 6.50. The number of piperidine rings is 1. The summed E-state index contributed by atoms with van der Waals surface area (Å²) in [7, 11) is 2.05. The highest BCUT2D eigenvalue weighted by Gasteiger charge is 2.47. The van der Waals surface area contributed by atoms with Crippen molar-refractivity contribution in [1.29, 1.82) is 0 Å². The van der Waals surface area contributed by atoms with Crippen LogP contribution in [-0.2, 0) is 9.59 Å². The van der Waals surface area contributed by atoms with Gasteiger partial charge in [-0.15, -0.1) is 0 Å². The molecule has 228 valence electrons. The number of nitrogens with one attached hydrogen (secondary N) is 2. The largest absolute Gasteiger partial charge is 0.457 e. The van der Waals surface area contributed by atoms with Crippen molar-refractivity contribution in [2.75, 3.05) is 38.1 Å². The Hall–Kier alpha value is -4.09. The van der Waals surface area contributed by atoms with Crippen LogP contribution in [0, 0.1) is 12.8 Å². The molecule has 0 spiro atoms. The highest BCUT2D eigenvalue weighted by molar-refractivity contribution is 8.01. The number of pyridine rings is 1. The van der Waals surface area contributed by atoms with Crippen LogP contribution in [0.1, 0.15) is 36.4 Å². The molecule has 44 heavy (non-hydrogen) atoms. The first-order chi connectivity index (χ1) is 21.4. The smallest absolute Gasteiger partial charge is 0.327 e. The second-order valence-electron chi connectivity index (χ2n) is 12.1. The SMILES string of the molecule is Cc1cc(Oc2ccccc2)ccc1N1C(=O)NC2c3c1ccnc3SC2C(=O)N[C@@H]1CCCN(C(=O)[C@@H]2CCN(C)C2)C1.